The van der Waals surface area contributed by atoms with Gasteiger partial charge in [-0.05, 0) is 0 Å². The van der Waals surface area contributed by atoms with Crippen molar-refractivity contribution in [2.24, 2.45) is 0 Å². The van der Waals surface area contributed by atoms with E-state index in [1.807, 2.05) is 0 Å². The van der Waals surface area contributed by atoms with Crippen LogP contribution in [0.15, 0.2) is 11.1 Å². The fraction of sp³-hybridized carbons (Fsp3) is 0.812. The molecular weight excluding hydrogens is 323 g/mol. The van der Waals surface area contributed by atoms with Crippen LogP contribution in [0.3, 0.4) is 0 Å². The summed E-state index contributed by atoms with van der Waals surface area (Å²) in [5, 5.41) is 20.2. The molecule has 0 aliphatic carbocycles. The van der Waals surface area contributed by atoms with Gasteiger partial charge in [0.25, 0.3) is 0 Å². The standard InChI is InChI=1S/C16H30ClO4P/c1-4-7-10-22(17,11-8-5-2,12-9-6-3)14-13(18)15(19)21-16(14)20/h15,18-19H,4-12H2,1-3H3. The van der Waals surface area contributed by atoms with Crippen LogP contribution in [0.4, 0.5) is 0 Å². The first kappa shape index (κ1) is 19.7. The molecule has 4 nitrogen and oxygen atoms in total. The molecule has 130 valence electrons. The molecule has 2 N–H and O–H groups in total. The molecule has 1 rings (SSSR count). The summed E-state index contributed by atoms with van der Waals surface area (Å²) in [4.78, 5) is 12.3. The molecule has 1 aliphatic rings. The zero-order chi connectivity index (χ0) is 16.8. The molecule has 0 aromatic rings. The zero-order valence-electron chi connectivity index (χ0n) is 14.0. The Balaban J connectivity index is 3.36. The van der Waals surface area contributed by atoms with Crippen LogP contribution >= 0.6 is 17.2 Å². The Bertz CT molecular complexity index is 411. The van der Waals surface area contributed by atoms with E-state index >= 15 is 0 Å². The van der Waals surface area contributed by atoms with Crippen molar-refractivity contribution in [1.29, 1.82) is 0 Å². The number of hydrogen-bond acceptors (Lipinski definition) is 4. The van der Waals surface area contributed by atoms with Gasteiger partial charge in [0.2, 0.25) is 0 Å². The van der Waals surface area contributed by atoms with Gasteiger partial charge in [0, 0.05) is 0 Å². The second kappa shape index (κ2) is 7.99. The maximum atomic E-state index is 12.3. The Hall–Kier alpha value is -0.310. The minimum atomic E-state index is -3.12. The topological polar surface area (TPSA) is 66.8 Å². The van der Waals surface area contributed by atoms with Gasteiger partial charge >= 0.3 is 138 Å². The van der Waals surface area contributed by atoms with Crippen LogP contribution in [-0.2, 0) is 9.53 Å². The fourth-order valence-electron chi connectivity index (χ4n) is 3.18. The third-order valence-electron chi connectivity index (χ3n) is 4.52. The molecule has 1 aliphatic heterocycles. The average molecular weight is 353 g/mol. The number of cyclic esters (lactones) is 1. The van der Waals surface area contributed by atoms with E-state index in [4.69, 9.17) is 16.0 Å². The molecule has 22 heavy (non-hydrogen) atoms. The van der Waals surface area contributed by atoms with Gasteiger partial charge in [-0.25, -0.2) is 0 Å². The van der Waals surface area contributed by atoms with Gasteiger partial charge in [0.05, 0.1) is 0 Å². The van der Waals surface area contributed by atoms with Gasteiger partial charge in [-0.2, -0.15) is 0 Å². The summed E-state index contributed by atoms with van der Waals surface area (Å²) < 4.78 is 4.84. The number of unbranched alkanes of at least 4 members (excludes halogenated alkanes) is 3. The second-order valence-electron chi connectivity index (χ2n) is 6.31. The molecule has 0 spiro atoms. The Morgan fingerprint density at radius 2 is 1.45 bits per heavy atom. The van der Waals surface area contributed by atoms with E-state index < -0.39 is 18.2 Å². The number of carbonyl (C=O) groups excluding carboxylic acids is 1. The molecule has 1 heterocycles. The van der Waals surface area contributed by atoms with Crippen LogP contribution in [0.1, 0.15) is 59.3 Å². The van der Waals surface area contributed by atoms with E-state index in [0.29, 0.717) is 0 Å². The Morgan fingerprint density at radius 1 is 1.05 bits per heavy atom. The van der Waals surface area contributed by atoms with Crippen LogP contribution in [0.25, 0.3) is 0 Å². The predicted octanol–water partition coefficient (Wildman–Crippen LogP) is 4.74. The Labute approximate surface area is 138 Å². The molecule has 6 heteroatoms. The van der Waals surface area contributed by atoms with Gasteiger partial charge in [-0.3, -0.25) is 0 Å². The number of rotatable bonds is 10. The summed E-state index contributed by atoms with van der Waals surface area (Å²) in [5.41, 5.74) is 0. The van der Waals surface area contributed by atoms with Gasteiger partial charge in [-0.1, -0.05) is 0 Å². The fourth-order valence-corrected chi connectivity index (χ4v) is 10.4. The molecule has 0 bridgehead atoms. The van der Waals surface area contributed by atoms with E-state index in [0.717, 1.165) is 57.0 Å². The zero-order valence-corrected chi connectivity index (χ0v) is 15.6. The number of halogens is 1. The number of hydrogen-bond donors (Lipinski definition) is 2. The summed E-state index contributed by atoms with van der Waals surface area (Å²) >= 11 is 7.30. The first-order valence-corrected chi connectivity index (χ1v) is 12.1. The number of carbonyl (C=O) groups is 1. The van der Waals surface area contributed by atoms with Crippen molar-refractivity contribution in [3.63, 3.8) is 0 Å². The first-order chi connectivity index (χ1) is 10.3. The summed E-state index contributed by atoms with van der Waals surface area (Å²) in [6.07, 6.45) is 6.31. The van der Waals surface area contributed by atoms with E-state index in [1.54, 1.807) is 0 Å². The molecule has 0 fully saturated rings. The quantitative estimate of drug-likeness (QED) is 0.440. The van der Waals surface area contributed by atoms with Gasteiger partial charge < -0.3 is 0 Å². The van der Waals surface area contributed by atoms with Crippen LogP contribution < -0.4 is 0 Å². The van der Waals surface area contributed by atoms with Crippen molar-refractivity contribution in [2.75, 3.05) is 18.5 Å². The minimum absolute atomic E-state index is 0.218. The summed E-state index contributed by atoms with van der Waals surface area (Å²) in [6.45, 7) is 6.27. The predicted molar refractivity (Wildman–Crippen MR) is 93.9 cm³/mol. The summed E-state index contributed by atoms with van der Waals surface area (Å²) in [5.74, 6) is -4.09. The molecule has 0 aromatic heterocycles. The summed E-state index contributed by atoms with van der Waals surface area (Å²) in [7, 11) is 0. The van der Waals surface area contributed by atoms with Crippen LogP contribution in [0, 0.1) is 0 Å². The van der Waals surface area contributed by atoms with Crippen LogP contribution in [0.2, 0.25) is 0 Å². The third-order valence-corrected chi connectivity index (χ3v) is 12.1. The second-order valence-corrected chi connectivity index (χ2v) is 13.9. The maximum absolute atomic E-state index is 12.3. The van der Waals surface area contributed by atoms with Crippen molar-refractivity contribution in [3.8, 4) is 0 Å². The van der Waals surface area contributed by atoms with Crippen LogP contribution in [-0.4, -0.2) is 41.0 Å². The molecule has 0 saturated heterocycles. The monoisotopic (exact) mass is 352 g/mol. The number of aliphatic hydroxyl groups excluding tert-OH is 2. The molecule has 0 aromatic carbocycles. The molecule has 0 radical (unpaired) electrons. The van der Waals surface area contributed by atoms with Crippen LogP contribution in [0.5, 0.6) is 0 Å². The Kier molecular flexibility index (Phi) is 7.17. The van der Waals surface area contributed by atoms with Gasteiger partial charge in [-0.15, -0.1) is 0 Å². The third kappa shape index (κ3) is 3.96. The average Bonchev–Trinajstić information content (AvgIpc) is 2.75. The van der Waals surface area contributed by atoms with Crippen molar-refractivity contribution >= 4 is 23.2 Å². The van der Waals surface area contributed by atoms with Crippen molar-refractivity contribution < 1.29 is 19.7 Å². The van der Waals surface area contributed by atoms with E-state index in [-0.39, 0.29) is 11.1 Å². The van der Waals surface area contributed by atoms with Gasteiger partial charge in [0.15, 0.2) is 0 Å². The van der Waals surface area contributed by atoms with Crippen molar-refractivity contribution in [2.45, 2.75) is 65.6 Å². The number of esters is 1. The van der Waals surface area contributed by atoms with E-state index in [9.17, 15) is 15.0 Å². The summed E-state index contributed by atoms with van der Waals surface area (Å²) in [6, 6.07) is 0. The van der Waals surface area contributed by atoms with Gasteiger partial charge in [0.1, 0.15) is 0 Å². The molecule has 1 unspecified atom stereocenters. The molecular formula is C16H30ClO4P. The van der Waals surface area contributed by atoms with E-state index in [2.05, 4.69) is 20.8 Å². The molecule has 0 amide bonds. The molecule has 1 atom stereocenters. The van der Waals surface area contributed by atoms with Crippen molar-refractivity contribution in [1.82, 2.24) is 0 Å². The van der Waals surface area contributed by atoms with E-state index in [1.165, 1.54) is 0 Å². The number of ether oxygens (including phenoxy) is 1. The number of aliphatic hydroxyl groups is 2. The van der Waals surface area contributed by atoms with Crippen molar-refractivity contribution in [3.05, 3.63) is 11.1 Å². The Morgan fingerprint density at radius 3 is 1.73 bits per heavy atom. The first-order valence-electron chi connectivity index (χ1n) is 8.38. The normalized spacial score (nSPS) is 20.9. The SMILES string of the molecule is CCCCP(Cl)(CCCC)(CCCC)C1=C(O)C(O)OC1=O. The molecule has 0 saturated carbocycles.